The van der Waals surface area contributed by atoms with E-state index in [2.05, 4.69) is 10.6 Å². The third-order valence-corrected chi connectivity index (χ3v) is 9.13. The fraction of sp³-hybridized carbons (Fsp3) is 0. The third-order valence-electron chi connectivity index (χ3n) is 9.13. The zero-order valence-electron chi connectivity index (χ0n) is 35.4. The monoisotopic (exact) mass is 620 g/mol. The molecule has 0 saturated carbocycles. The van der Waals surface area contributed by atoms with Crippen LogP contribution in [-0.2, 0) is 0 Å². The van der Waals surface area contributed by atoms with Crippen LogP contribution in [0.15, 0.2) is 182 Å². The summed E-state index contributed by atoms with van der Waals surface area (Å²) in [6.45, 7) is 0. The minimum Gasteiger partial charge on any atom is -0.309 e. The van der Waals surface area contributed by atoms with Gasteiger partial charge < -0.3 is 9.13 Å². The molecule has 0 saturated heterocycles. The Morgan fingerprint density at radius 1 is 0.417 bits per heavy atom. The summed E-state index contributed by atoms with van der Waals surface area (Å²) in [5, 5.41) is 2.40. The minimum absolute atomic E-state index is 0.0489. The van der Waals surface area contributed by atoms with Crippen molar-refractivity contribution in [3.05, 3.63) is 182 Å². The first-order chi connectivity index (χ1) is 28.0. The number of aromatic nitrogens is 2. The molecule has 48 heavy (non-hydrogen) atoms. The number of hydrogen-bond acceptors (Lipinski definition) is 0. The molecule has 0 unspecified atom stereocenters. The summed E-state index contributed by atoms with van der Waals surface area (Å²) in [5.41, 5.74) is 5.50. The molecule has 2 aromatic heterocycles. The van der Waals surface area contributed by atoms with Crippen molar-refractivity contribution in [2.24, 2.45) is 0 Å². The summed E-state index contributed by atoms with van der Waals surface area (Å²) in [5.74, 6) is 0. The van der Waals surface area contributed by atoms with E-state index in [0.717, 1.165) is 38.6 Å². The van der Waals surface area contributed by atoms with Crippen molar-refractivity contribution in [3.8, 4) is 33.6 Å². The standard InChI is InChI=1S/C46H30N2/c1-3-14-31(15-4-1)34-19-13-20-35(28-34)47-43-27-26-33-18-7-8-22-37(33)46(43)40-29-39-38-23-10-12-25-42(38)48(44(39)30-45(40)47)41-24-11-9-21-36(41)32-16-5-2-6-17-32/h1-30H/i7D,8D,13D,18D,19D,20D,22D,26D,27D,28D. The number of para-hydroxylation sites is 2. The molecule has 2 heterocycles. The molecule has 0 spiro atoms. The lowest BCUT2D eigenvalue weighted by molar-refractivity contribution is 1.17. The lowest BCUT2D eigenvalue weighted by Crippen LogP contribution is -1.98. The van der Waals surface area contributed by atoms with Crippen LogP contribution >= 0.6 is 0 Å². The average molecular weight is 621 g/mol. The van der Waals surface area contributed by atoms with Crippen molar-refractivity contribution in [1.29, 1.82) is 0 Å². The van der Waals surface area contributed by atoms with Gasteiger partial charge in [-0.15, -0.1) is 0 Å². The topological polar surface area (TPSA) is 9.86 Å². The summed E-state index contributed by atoms with van der Waals surface area (Å²) >= 11 is 0. The van der Waals surface area contributed by atoms with Gasteiger partial charge in [-0.05, 0) is 69.9 Å². The molecule has 0 aliphatic rings. The summed E-state index contributed by atoms with van der Waals surface area (Å²) in [6.07, 6.45) is 0. The SMILES string of the molecule is [2H]c1c([2H])c(-c2ccccc2)c([2H])c(-n2c3cc4c(cc3c3c5c([2H])c([2H])c([2H])c([2H])c5c([2H])c([2H])c32)c2ccccc2n4-c2ccccc2-c2ccccc2)c1[2H]. The highest BCUT2D eigenvalue weighted by atomic mass is 15.0. The molecule has 0 aliphatic carbocycles. The molecule has 8 aromatic carbocycles. The van der Waals surface area contributed by atoms with Gasteiger partial charge in [-0.25, -0.2) is 0 Å². The van der Waals surface area contributed by atoms with Gasteiger partial charge in [0.05, 0.1) is 41.5 Å². The van der Waals surface area contributed by atoms with Crippen molar-refractivity contribution in [2.45, 2.75) is 0 Å². The van der Waals surface area contributed by atoms with Gasteiger partial charge in [-0.1, -0.05) is 139 Å². The van der Waals surface area contributed by atoms with E-state index >= 15 is 0 Å². The maximum Gasteiger partial charge on any atom is 0.0651 e. The second-order valence-corrected chi connectivity index (χ2v) is 11.8. The van der Waals surface area contributed by atoms with E-state index < -0.39 is 36.3 Å². The molecule has 0 fully saturated rings. The normalized spacial score (nSPS) is 14.7. The van der Waals surface area contributed by atoms with Crippen molar-refractivity contribution in [2.75, 3.05) is 0 Å². The first-order valence-electron chi connectivity index (χ1n) is 20.7. The third kappa shape index (κ3) is 4.00. The van der Waals surface area contributed by atoms with Gasteiger partial charge in [0.25, 0.3) is 0 Å². The molecule has 0 amide bonds. The molecule has 10 aromatic rings. The maximum absolute atomic E-state index is 9.69. The van der Waals surface area contributed by atoms with Gasteiger partial charge in [0.1, 0.15) is 0 Å². The van der Waals surface area contributed by atoms with E-state index in [4.69, 9.17) is 6.85 Å². The Balaban J connectivity index is 1.48. The average Bonchev–Trinajstić information content (AvgIpc) is 3.74. The molecule has 0 aliphatic heterocycles. The van der Waals surface area contributed by atoms with E-state index in [1.165, 1.54) is 4.57 Å². The van der Waals surface area contributed by atoms with E-state index in [0.29, 0.717) is 16.5 Å². The zero-order valence-corrected chi connectivity index (χ0v) is 25.4. The van der Waals surface area contributed by atoms with Crippen LogP contribution in [0, 0.1) is 0 Å². The van der Waals surface area contributed by atoms with E-state index in [9.17, 15) is 6.85 Å². The first kappa shape index (κ1) is 18.7. The van der Waals surface area contributed by atoms with Crippen LogP contribution in [0.2, 0.25) is 0 Å². The lowest BCUT2D eigenvalue weighted by Gasteiger charge is -2.14. The molecule has 2 heteroatoms. The van der Waals surface area contributed by atoms with E-state index in [1.54, 1.807) is 30.3 Å². The molecule has 0 bridgehead atoms. The molecule has 224 valence electrons. The van der Waals surface area contributed by atoms with Gasteiger partial charge in [0, 0.05) is 32.8 Å². The van der Waals surface area contributed by atoms with Gasteiger partial charge in [0.2, 0.25) is 0 Å². The van der Waals surface area contributed by atoms with Crippen molar-refractivity contribution >= 4 is 54.4 Å². The van der Waals surface area contributed by atoms with Crippen LogP contribution in [-0.4, -0.2) is 9.13 Å². The molecule has 10 rings (SSSR count). The van der Waals surface area contributed by atoms with Crippen LogP contribution < -0.4 is 0 Å². The van der Waals surface area contributed by atoms with Gasteiger partial charge in [-0.2, -0.15) is 0 Å². The highest BCUT2D eigenvalue weighted by molar-refractivity contribution is 6.25. The number of fused-ring (bicyclic) bond motifs is 8. The van der Waals surface area contributed by atoms with E-state index in [1.807, 2.05) is 84.9 Å². The Labute approximate surface area is 292 Å². The highest BCUT2D eigenvalue weighted by Crippen LogP contribution is 2.43. The smallest absolute Gasteiger partial charge is 0.0651 e. The van der Waals surface area contributed by atoms with Crippen LogP contribution in [0.3, 0.4) is 0 Å². The second-order valence-electron chi connectivity index (χ2n) is 11.8. The highest BCUT2D eigenvalue weighted by Gasteiger charge is 2.21. The van der Waals surface area contributed by atoms with Crippen LogP contribution in [0.1, 0.15) is 13.7 Å². The fourth-order valence-corrected chi connectivity index (χ4v) is 7.05. The van der Waals surface area contributed by atoms with Crippen molar-refractivity contribution in [1.82, 2.24) is 9.13 Å². The van der Waals surface area contributed by atoms with Crippen molar-refractivity contribution in [3.63, 3.8) is 0 Å². The largest absolute Gasteiger partial charge is 0.309 e. The fourth-order valence-electron chi connectivity index (χ4n) is 7.05. The lowest BCUT2D eigenvalue weighted by atomic mass is 10.0. The molecule has 0 atom stereocenters. The molecule has 2 nitrogen and oxygen atoms in total. The summed E-state index contributed by atoms with van der Waals surface area (Å²) in [4.78, 5) is 0. The first-order valence-corrected chi connectivity index (χ1v) is 15.7. The quantitative estimate of drug-likeness (QED) is 0.185. The summed E-state index contributed by atoms with van der Waals surface area (Å²) in [6, 6.07) is 34.7. The predicted molar refractivity (Wildman–Crippen MR) is 203 cm³/mol. The van der Waals surface area contributed by atoms with Gasteiger partial charge in [-0.3, -0.25) is 0 Å². The Bertz CT molecular complexity index is 3390. The van der Waals surface area contributed by atoms with Gasteiger partial charge >= 0.3 is 0 Å². The van der Waals surface area contributed by atoms with Crippen molar-refractivity contribution < 1.29 is 13.7 Å². The maximum atomic E-state index is 9.69. The van der Waals surface area contributed by atoms with Gasteiger partial charge in [0.15, 0.2) is 0 Å². The van der Waals surface area contributed by atoms with Crippen LogP contribution in [0.4, 0.5) is 0 Å². The Morgan fingerprint density at radius 3 is 2.02 bits per heavy atom. The summed E-state index contributed by atoms with van der Waals surface area (Å²) in [7, 11) is 0. The van der Waals surface area contributed by atoms with Crippen LogP contribution in [0.25, 0.3) is 88.0 Å². The molecular weight excluding hydrogens is 581 g/mol. The molecule has 0 radical (unpaired) electrons. The van der Waals surface area contributed by atoms with Crippen LogP contribution in [0.5, 0.6) is 0 Å². The predicted octanol–water partition coefficient (Wildman–Crippen LogP) is 12.4. The zero-order chi connectivity index (χ0) is 40.3. The number of rotatable bonds is 4. The van der Waals surface area contributed by atoms with E-state index in [-0.39, 0.29) is 57.1 Å². The Kier molecular flexibility index (Phi) is 4.12. The Hall–Kier alpha value is -6.38. The number of nitrogens with zero attached hydrogens (tertiary/aromatic N) is 2. The minimum atomic E-state index is -0.518. The summed E-state index contributed by atoms with van der Waals surface area (Å²) < 4.78 is 94.7. The Morgan fingerprint density at radius 2 is 1.15 bits per heavy atom. The second kappa shape index (κ2) is 10.6. The number of benzene rings is 8. The number of hydrogen-bond donors (Lipinski definition) is 0. The molecule has 0 N–H and O–H groups in total. The molecular formula is C46H30N2.